The van der Waals surface area contributed by atoms with E-state index in [0.29, 0.717) is 6.04 Å². The normalized spacial score (nSPS) is 33.8. The van der Waals surface area contributed by atoms with Gasteiger partial charge in [0.25, 0.3) is 0 Å². The van der Waals surface area contributed by atoms with E-state index in [9.17, 15) is 0 Å². The molecule has 0 aromatic rings. The lowest BCUT2D eigenvalue weighted by molar-refractivity contribution is 0.0198. The molecular weight excluding hydrogens is 701 g/mol. The molecule has 4 fully saturated rings. The molecule has 5 atom stereocenters. The molecule has 2 heteroatoms. The monoisotopic (exact) mass is 807 g/mol. The van der Waals surface area contributed by atoms with E-state index < -0.39 is 0 Å². The zero-order valence-electron chi connectivity index (χ0n) is 41.7. The van der Waals surface area contributed by atoms with Crippen molar-refractivity contribution in [3.63, 3.8) is 0 Å². The summed E-state index contributed by atoms with van der Waals surface area (Å²) in [6.45, 7) is 21.6. The van der Waals surface area contributed by atoms with E-state index in [2.05, 4.69) is 79.3 Å². The number of hydrogen-bond donors (Lipinski definition) is 0. The van der Waals surface area contributed by atoms with Crippen LogP contribution in [-0.2, 0) is 0 Å². The molecule has 0 spiro atoms. The van der Waals surface area contributed by atoms with E-state index in [4.69, 9.17) is 0 Å². The van der Waals surface area contributed by atoms with Gasteiger partial charge in [-0.2, -0.15) is 0 Å². The fourth-order valence-corrected chi connectivity index (χ4v) is 13.8. The van der Waals surface area contributed by atoms with Gasteiger partial charge in [-0.1, -0.05) is 225 Å². The Labute approximate surface area is 366 Å². The molecule has 5 unspecified atom stereocenters. The van der Waals surface area contributed by atoms with Crippen LogP contribution in [0.4, 0.5) is 0 Å². The van der Waals surface area contributed by atoms with Gasteiger partial charge in [0.2, 0.25) is 0 Å². The third kappa shape index (κ3) is 13.3. The van der Waals surface area contributed by atoms with Gasteiger partial charge in [0.05, 0.1) is 0 Å². The largest absolute Gasteiger partial charge is 0.306 e. The lowest BCUT2D eigenvalue weighted by Crippen LogP contribution is -2.57. The Kier molecular flexibility index (Phi) is 21.8. The van der Waals surface area contributed by atoms with Gasteiger partial charge in [0.1, 0.15) is 0 Å². The van der Waals surface area contributed by atoms with Crippen molar-refractivity contribution in [2.24, 2.45) is 22.7 Å². The van der Waals surface area contributed by atoms with Crippen LogP contribution in [0.25, 0.3) is 0 Å². The van der Waals surface area contributed by atoms with Crippen molar-refractivity contribution < 1.29 is 0 Å². The van der Waals surface area contributed by atoms with Crippen LogP contribution in [0.1, 0.15) is 287 Å². The van der Waals surface area contributed by atoms with Crippen LogP contribution in [0.2, 0.25) is 0 Å². The molecule has 2 saturated carbocycles. The molecule has 58 heavy (non-hydrogen) atoms. The second-order valence-electron chi connectivity index (χ2n) is 23.4. The highest BCUT2D eigenvalue weighted by Gasteiger charge is 2.73. The zero-order valence-corrected chi connectivity index (χ0v) is 41.7. The summed E-state index contributed by atoms with van der Waals surface area (Å²) in [7, 11) is 4.64. The van der Waals surface area contributed by atoms with Crippen molar-refractivity contribution >= 4 is 0 Å². The topological polar surface area (TPSA) is 6.48 Å². The quantitative estimate of drug-likeness (QED) is 0.262. The fraction of sp³-hybridized carbons (Fsp3) is 0.964. The van der Waals surface area contributed by atoms with E-state index in [-0.39, 0.29) is 21.9 Å². The number of hydrogen-bond acceptors (Lipinski definition) is 2. The van der Waals surface area contributed by atoms with Gasteiger partial charge in [-0.15, -0.1) is 0 Å². The Balaban J connectivity index is 1.59. The lowest BCUT2D eigenvalue weighted by atomic mass is 9.58. The van der Waals surface area contributed by atoms with E-state index >= 15 is 0 Å². The first-order chi connectivity index (χ1) is 27.8. The highest BCUT2D eigenvalue weighted by molar-refractivity contribution is 5.39. The van der Waals surface area contributed by atoms with Crippen LogP contribution in [0.5, 0.6) is 0 Å². The highest BCUT2D eigenvalue weighted by atomic mass is 15.4. The summed E-state index contributed by atoms with van der Waals surface area (Å²) < 4.78 is 0. The Hall–Kier alpha value is -0.340. The third-order valence-electron chi connectivity index (χ3n) is 18.4. The van der Waals surface area contributed by atoms with Crippen molar-refractivity contribution in [1.82, 2.24) is 9.80 Å². The molecule has 0 amide bonds. The van der Waals surface area contributed by atoms with Gasteiger partial charge >= 0.3 is 0 Å². The Morgan fingerprint density at radius 1 is 0.431 bits per heavy atom. The number of fused-ring (bicyclic) bond motifs is 3. The second-order valence-corrected chi connectivity index (χ2v) is 23.4. The molecule has 4 rings (SSSR count). The number of allylic oxidation sites excluding steroid dienone is 1. The molecule has 0 aromatic carbocycles. The van der Waals surface area contributed by atoms with Crippen LogP contribution in [0.3, 0.4) is 0 Å². The van der Waals surface area contributed by atoms with Gasteiger partial charge in [-0.05, 0) is 109 Å². The summed E-state index contributed by atoms with van der Waals surface area (Å²) in [4.78, 5) is 5.82. The Bertz CT molecular complexity index is 1140. The van der Waals surface area contributed by atoms with Crippen molar-refractivity contribution in [3.05, 3.63) is 11.1 Å². The molecule has 0 N–H and O–H groups in total. The first-order valence-corrected chi connectivity index (χ1v) is 26.9. The molecule has 340 valence electrons. The summed E-state index contributed by atoms with van der Waals surface area (Å²) in [6.07, 6.45) is 52.0. The lowest BCUT2D eigenvalue weighted by Gasteiger charge is -2.50. The second kappa shape index (κ2) is 25.1. The summed E-state index contributed by atoms with van der Waals surface area (Å²) >= 11 is 0. The highest BCUT2D eigenvalue weighted by Crippen LogP contribution is 2.70. The average molecular weight is 807 g/mol. The van der Waals surface area contributed by atoms with Gasteiger partial charge < -0.3 is 4.90 Å². The van der Waals surface area contributed by atoms with Crippen LogP contribution >= 0.6 is 0 Å². The summed E-state index contributed by atoms with van der Waals surface area (Å²) in [5.41, 5.74) is 4.54. The molecule has 0 bridgehead atoms. The SMILES string of the molecule is CC(=C(C)C12CC(C)(C)C(C)(C)N1C1CCCCCCCCCCCCCCCCCC1C2(C)C)C1CCCCCCCCCCC(N(C)C)CCCCCCCC1. The van der Waals surface area contributed by atoms with E-state index in [1.807, 2.05) is 11.1 Å². The van der Waals surface area contributed by atoms with E-state index in [0.717, 1.165) is 17.9 Å². The molecule has 2 heterocycles. The minimum atomic E-state index is 0.157. The molecule has 2 saturated heterocycles. The Morgan fingerprint density at radius 3 is 1.14 bits per heavy atom. The van der Waals surface area contributed by atoms with E-state index in [1.54, 1.807) is 0 Å². The predicted octanol–water partition coefficient (Wildman–Crippen LogP) is 17.8. The van der Waals surface area contributed by atoms with Crippen molar-refractivity contribution in [2.75, 3.05) is 14.1 Å². The van der Waals surface area contributed by atoms with Crippen LogP contribution < -0.4 is 0 Å². The van der Waals surface area contributed by atoms with Gasteiger partial charge in [-0.25, -0.2) is 0 Å². The van der Waals surface area contributed by atoms with Crippen LogP contribution in [0, 0.1) is 22.7 Å². The molecule has 2 aliphatic carbocycles. The van der Waals surface area contributed by atoms with Crippen LogP contribution in [0.15, 0.2) is 11.1 Å². The zero-order chi connectivity index (χ0) is 42.1. The first-order valence-electron chi connectivity index (χ1n) is 26.9. The van der Waals surface area contributed by atoms with Gasteiger partial charge in [0, 0.05) is 23.2 Å². The molecule has 2 nitrogen and oxygen atoms in total. The molecule has 4 aliphatic rings. The average Bonchev–Trinajstić information content (AvgIpc) is 3.47. The van der Waals surface area contributed by atoms with Gasteiger partial charge in [0.15, 0.2) is 0 Å². The molecule has 0 radical (unpaired) electrons. The fourth-order valence-electron chi connectivity index (χ4n) is 13.8. The van der Waals surface area contributed by atoms with Crippen molar-refractivity contribution in [3.8, 4) is 0 Å². The maximum Gasteiger partial charge on any atom is 0.0488 e. The molecule has 0 aromatic heterocycles. The first kappa shape index (κ1) is 50.3. The number of nitrogens with zero attached hydrogens (tertiary/aromatic N) is 2. The third-order valence-corrected chi connectivity index (χ3v) is 18.4. The molecule has 2 aliphatic heterocycles. The Morgan fingerprint density at radius 2 is 0.759 bits per heavy atom. The standard InChI is InChI=1S/C56H106N2/c1-47(49-40-34-28-22-20-21-23-30-36-42-50(57(9)10)43-37-31-27-26-29-35-41-49)48(2)56-46-53(3,4)55(7,8)58(56)52-45-39-33-25-19-17-15-13-11-12-14-16-18-24-32-38-44-51(52)54(56,5)6/h49-52H,11-46H2,1-10H3. The van der Waals surface area contributed by atoms with Crippen molar-refractivity contribution in [1.29, 1.82) is 0 Å². The summed E-state index contributed by atoms with van der Waals surface area (Å²) in [5.74, 6) is 1.55. The van der Waals surface area contributed by atoms with Crippen LogP contribution in [-0.4, -0.2) is 47.1 Å². The minimum Gasteiger partial charge on any atom is -0.306 e. The van der Waals surface area contributed by atoms with E-state index in [1.165, 1.54) is 231 Å². The van der Waals surface area contributed by atoms with Crippen molar-refractivity contribution in [2.45, 2.75) is 310 Å². The smallest absolute Gasteiger partial charge is 0.0488 e. The maximum absolute atomic E-state index is 3.29. The van der Waals surface area contributed by atoms with Gasteiger partial charge in [-0.3, -0.25) is 4.90 Å². The predicted molar refractivity (Wildman–Crippen MR) is 259 cm³/mol. The summed E-state index contributed by atoms with van der Waals surface area (Å²) in [6, 6.07) is 1.51. The number of rotatable bonds is 3. The molecular formula is C56H106N2. The maximum atomic E-state index is 3.29. The summed E-state index contributed by atoms with van der Waals surface area (Å²) in [5, 5.41) is 0. The minimum absolute atomic E-state index is 0.157.